The highest BCUT2D eigenvalue weighted by Crippen LogP contribution is 2.40. The van der Waals surface area contributed by atoms with Crippen molar-refractivity contribution in [1.82, 2.24) is 10.3 Å². The van der Waals surface area contributed by atoms with Gasteiger partial charge in [-0.3, -0.25) is 0 Å². The lowest BCUT2D eigenvalue weighted by atomic mass is 9.86. The Morgan fingerprint density at radius 1 is 1.43 bits per heavy atom. The number of methoxy groups -OCH3 is 1. The number of nitrogens with one attached hydrogen (secondary N) is 1. The van der Waals surface area contributed by atoms with Crippen LogP contribution in [0.5, 0.6) is 0 Å². The Morgan fingerprint density at radius 2 is 2.24 bits per heavy atom. The van der Waals surface area contributed by atoms with Crippen molar-refractivity contribution in [1.29, 1.82) is 0 Å². The van der Waals surface area contributed by atoms with Gasteiger partial charge < -0.3 is 10.1 Å². The number of thiazole rings is 1. The Bertz CT molecular complexity index is 432. The smallest absolute Gasteiger partial charge is 0.113 e. The summed E-state index contributed by atoms with van der Waals surface area (Å²) in [4.78, 5) is 4.81. The van der Waals surface area contributed by atoms with Crippen LogP contribution in [0.2, 0.25) is 0 Å². The molecular weight excluding hydrogens is 280 g/mol. The van der Waals surface area contributed by atoms with E-state index in [9.17, 15) is 0 Å². The summed E-state index contributed by atoms with van der Waals surface area (Å²) in [7, 11) is 1.77. The van der Waals surface area contributed by atoms with Gasteiger partial charge in [0.25, 0.3) is 0 Å². The molecule has 1 aromatic rings. The second-order valence-electron chi connectivity index (χ2n) is 6.73. The number of nitrogens with zero attached hydrogens (tertiary/aromatic N) is 1. The first-order valence-corrected chi connectivity index (χ1v) is 9.12. The van der Waals surface area contributed by atoms with Crippen molar-refractivity contribution >= 4 is 11.3 Å². The zero-order valence-corrected chi connectivity index (χ0v) is 14.8. The molecule has 4 heteroatoms. The van der Waals surface area contributed by atoms with Gasteiger partial charge in [0.05, 0.1) is 12.1 Å². The third kappa shape index (κ3) is 4.27. The van der Waals surface area contributed by atoms with Crippen LogP contribution in [0.4, 0.5) is 0 Å². The third-order valence-corrected chi connectivity index (χ3v) is 6.03. The topological polar surface area (TPSA) is 34.1 Å². The van der Waals surface area contributed by atoms with E-state index in [1.54, 1.807) is 7.11 Å². The summed E-state index contributed by atoms with van der Waals surface area (Å²) < 4.78 is 5.23. The second-order valence-corrected chi connectivity index (χ2v) is 7.59. The largest absolute Gasteiger partial charge is 0.383 e. The maximum Gasteiger partial charge on any atom is 0.113 e. The van der Waals surface area contributed by atoms with E-state index in [0.717, 1.165) is 30.7 Å². The van der Waals surface area contributed by atoms with Gasteiger partial charge in [0.2, 0.25) is 0 Å². The van der Waals surface area contributed by atoms with Crippen LogP contribution in [-0.2, 0) is 10.3 Å². The molecule has 0 aliphatic heterocycles. The van der Waals surface area contributed by atoms with Crippen molar-refractivity contribution in [2.24, 2.45) is 11.8 Å². The summed E-state index contributed by atoms with van der Waals surface area (Å²) >= 11 is 1.82. The van der Waals surface area contributed by atoms with Gasteiger partial charge in [-0.25, -0.2) is 4.98 Å². The molecule has 0 amide bonds. The molecule has 1 aromatic heterocycles. The lowest BCUT2D eigenvalue weighted by Crippen LogP contribution is -2.43. The molecule has 0 bridgehead atoms. The Balaban J connectivity index is 2.15. The fourth-order valence-electron chi connectivity index (χ4n) is 3.47. The van der Waals surface area contributed by atoms with Gasteiger partial charge in [-0.1, -0.05) is 26.7 Å². The monoisotopic (exact) mass is 310 g/mol. The van der Waals surface area contributed by atoms with Gasteiger partial charge in [0.1, 0.15) is 5.01 Å². The standard InChI is InChI=1S/C17H30N2OS/c1-13(2)15-6-5-8-17(9-7-15,18-10-11-20-4)16-19-14(3)12-21-16/h12-13,15,18H,5-11H2,1-4H3. The van der Waals surface area contributed by atoms with Crippen LogP contribution < -0.4 is 5.32 Å². The van der Waals surface area contributed by atoms with E-state index in [2.05, 4.69) is 31.5 Å². The molecule has 1 aliphatic carbocycles. The van der Waals surface area contributed by atoms with Crippen LogP contribution in [-0.4, -0.2) is 25.2 Å². The van der Waals surface area contributed by atoms with Crippen molar-refractivity contribution < 1.29 is 4.74 Å². The van der Waals surface area contributed by atoms with Crippen molar-refractivity contribution in [2.45, 2.75) is 58.4 Å². The van der Waals surface area contributed by atoms with Crippen LogP contribution in [0.25, 0.3) is 0 Å². The molecular formula is C17H30N2OS. The summed E-state index contributed by atoms with van der Waals surface area (Å²) in [6.07, 6.45) is 6.35. The molecule has 0 spiro atoms. The molecule has 1 aliphatic rings. The van der Waals surface area contributed by atoms with E-state index in [1.807, 2.05) is 11.3 Å². The number of aryl methyl sites for hydroxylation is 1. The molecule has 2 unspecified atom stereocenters. The molecule has 1 fully saturated rings. The number of hydrogen-bond acceptors (Lipinski definition) is 4. The fraction of sp³-hybridized carbons (Fsp3) is 0.824. The Labute approximate surface area is 133 Å². The average molecular weight is 311 g/mol. The Morgan fingerprint density at radius 3 is 2.86 bits per heavy atom. The maximum atomic E-state index is 5.23. The Hall–Kier alpha value is -0.450. The normalized spacial score (nSPS) is 27.0. The minimum Gasteiger partial charge on any atom is -0.383 e. The summed E-state index contributed by atoms with van der Waals surface area (Å²) in [6.45, 7) is 8.49. The van der Waals surface area contributed by atoms with Gasteiger partial charge in [-0.15, -0.1) is 11.3 Å². The highest BCUT2D eigenvalue weighted by Gasteiger charge is 2.37. The van der Waals surface area contributed by atoms with Crippen LogP contribution in [0.15, 0.2) is 5.38 Å². The van der Waals surface area contributed by atoms with Gasteiger partial charge in [-0.2, -0.15) is 0 Å². The summed E-state index contributed by atoms with van der Waals surface area (Å²) in [5, 5.41) is 7.25. The quantitative estimate of drug-likeness (QED) is 0.634. The molecule has 0 radical (unpaired) electrons. The SMILES string of the molecule is COCCNC1(c2nc(C)cs2)CCCC(C(C)C)CC1. The molecule has 0 aromatic carbocycles. The van der Waals surface area contributed by atoms with Crippen LogP contribution in [0.3, 0.4) is 0 Å². The minimum absolute atomic E-state index is 0.0705. The molecule has 3 nitrogen and oxygen atoms in total. The number of aromatic nitrogens is 1. The second kappa shape index (κ2) is 7.70. The molecule has 0 saturated heterocycles. The zero-order chi connectivity index (χ0) is 15.3. The van der Waals surface area contributed by atoms with Crippen LogP contribution in [0, 0.1) is 18.8 Å². The first-order valence-electron chi connectivity index (χ1n) is 8.24. The first kappa shape index (κ1) is 16.9. The summed E-state index contributed by atoms with van der Waals surface area (Å²) in [5.74, 6) is 1.65. The van der Waals surface area contributed by atoms with Crippen LogP contribution in [0.1, 0.15) is 56.7 Å². The van der Waals surface area contributed by atoms with Gasteiger partial charge in [0.15, 0.2) is 0 Å². The van der Waals surface area contributed by atoms with E-state index in [0.29, 0.717) is 0 Å². The van der Waals surface area contributed by atoms with E-state index in [1.165, 1.54) is 37.1 Å². The maximum absolute atomic E-state index is 5.23. The van der Waals surface area contributed by atoms with Crippen molar-refractivity contribution in [2.75, 3.05) is 20.3 Å². The number of rotatable bonds is 6. The van der Waals surface area contributed by atoms with E-state index < -0.39 is 0 Å². The molecule has 1 heterocycles. The van der Waals surface area contributed by atoms with Gasteiger partial charge >= 0.3 is 0 Å². The molecule has 120 valence electrons. The molecule has 2 rings (SSSR count). The molecule has 1 saturated carbocycles. The number of ether oxygens (including phenoxy) is 1. The Kier molecular flexibility index (Phi) is 6.20. The van der Waals surface area contributed by atoms with E-state index >= 15 is 0 Å². The van der Waals surface area contributed by atoms with Crippen molar-refractivity contribution in [3.63, 3.8) is 0 Å². The first-order chi connectivity index (χ1) is 10.1. The summed E-state index contributed by atoms with van der Waals surface area (Å²) in [6, 6.07) is 0. The van der Waals surface area contributed by atoms with Crippen LogP contribution >= 0.6 is 11.3 Å². The molecule has 1 N–H and O–H groups in total. The predicted octanol–water partition coefficient (Wildman–Crippen LogP) is 4.12. The highest BCUT2D eigenvalue weighted by molar-refractivity contribution is 7.09. The molecule has 21 heavy (non-hydrogen) atoms. The predicted molar refractivity (Wildman–Crippen MR) is 89.8 cm³/mol. The third-order valence-electron chi connectivity index (χ3n) is 4.86. The van der Waals surface area contributed by atoms with Gasteiger partial charge in [0, 0.05) is 24.7 Å². The van der Waals surface area contributed by atoms with Gasteiger partial charge in [-0.05, 0) is 38.0 Å². The van der Waals surface area contributed by atoms with E-state index in [-0.39, 0.29) is 5.54 Å². The van der Waals surface area contributed by atoms with Crippen molar-refractivity contribution in [3.05, 3.63) is 16.1 Å². The lowest BCUT2D eigenvalue weighted by Gasteiger charge is -2.32. The fourth-order valence-corrected chi connectivity index (χ4v) is 4.50. The minimum atomic E-state index is 0.0705. The number of hydrogen-bond donors (Lipinski definition) is 1. The highest BCUT2D eigenvalue weighted by atomic mass is 32.1. The van der Waals surface area contributed by atoms with E-state index in [4.69, 9.17) is 9.72 Å². The van der Waals surface area contributed by atoms with Crippen molar-refractivity contribution in [3.8, 4) is 0 Å². The lowest BCUT2D eigenvalue weighted by molar-refractivity contribution is 0.176. The zero-order valence-electron chi connectivity index (χ0n) is 13.9. The summed E-state index contributed by atoms with van der Waals surface area (Å²) in [5.41, 5.74) is 1.22. The molecule has 2 atom stereocenters. The average Bonchev–Trinajstić information content (AvgIpc) is 2.77.